The van der Waals surface area contributed by atoms with Crippen LogP contribution in [0.15, 0.2) is 101 Å². The molecule has 0 spiro atoms. The van der Waals surface area contributed by atoms with Gasteiger partial charge in [-0.2, -0.15) is 0 Å². The van der Waals surface area contributed by atoms with E-state index in [1.54, 1.807) is 0 Å². The van der Waals surface area contributed by atoms with Crippen LogP contribution in [0.5, 0.6) is 5.75 Å². The van der Waals surface area contributed by atoms with Gasteiger partial charge in [-0.3, -0.25) is 4.79 Å². The zero-order chi connectivity index (χ0) is 28.2. The lowest BCUT2D eigenvalue weighted by Crippen LogP contribution is -2.36. The van der Waals surface area contributed by atoms with E-state index in [1.807, 2.05) is 99.6 Å². The summed E-state index contributed by atoms with van der Waals surface area (Å²) in [5, 5.41) is 4.09. The molecule has 1 aliphatic heterocycles. The van der Waals surface area contributed by atoms with Crippen molar-refractivity contribution in [2.45, 2.75) is 64.6 Å². The molecule has 0 amide bonds. The summed E-state index contributed by atoms with van der Waals surface area (Å²) < 4.78 is 12.1. The average molecular weight is 556 g/mol. The van der Waals surface area contributed by atoms with Gasteiger partial charge in [0.2, 0.25) is 0 Å². The Morgan fingerprint density at radius 2 is 1.70 bits per heavy atom. The van der Waals surface area contributed by atoms with Gasteiger partial charge in [-0.1, -0.05) is 79.2 Å². The first-order chi connectivity index (χ1) is 19.4. The van der Waals surface area contributed by atoms with E-state index in [0.717, 1.165) is 22.4 Å². The quantitative estimate of drug-likeness (QED) is 0.290. The molecule has 3 aromatic rings. The molecular formula is C34H34ClNO4. The van der Waals surface area contributed by atoms with Gasteiger partial charge in [-0.15, -0.1) is 0 Å². The highest BCUT2D eigenvalue weighted by molar-refractivity contribution is 6.30. The van der Waals surface area contributed by atoms with Crippen LogP contribution in [-0.2, 0) is 20.9 Å². The van der Waals surface area contributed by atoms with Crippen LogP contribution in [0.1, 0.15) is 68.6 Å². The van der Waals surface area contributed by atoms with Crippen LogP contribution in [0.25, 0.3) is 0 Å². The van der Waals surface area contributed by atoms with Crippen molar-refractivity contribution in [3.8, 4) is 5.75 Å². The van der Waals surface area contributed by atoms with Gasteiger partial charge in [0.25, 0.3) is 0 Å². The average Bonchev–Trinajstić information content (AvgIpc) is 2.96. The molecule has 5 rings (SSSR count). The largest absolute Gasteiger partial charge is 0.489 e. The van der Waals surface area contributed by atoms with E-state index in [1.165, 1.54) is 0 Å². The van der Waals surface area contributed by atoms with Gasteiger partial charge < -0.3 is 14.8 Å². The second-order valence-electron chi connectivity index (χ2n) is 10.5. The number of para-hydroxylation sites is 1. The fourth-order valence-corrected chi connectivity index (χ4v) is 5.63. The molecule has 0 fully saturated rings. The Morgan fingerprint density at radius 3 is 2.42 bits per heavy atom. The van der Waals surface area contributed by atoms with Crippen molar-refractivity contribution < 1.29 is 19.1 Å². The number of nitrogens with one attached hydrogen (secondary N) is 1. The van der Waals surface area contributed by atoms with Crippen molar-refractivity contribution in [2.75, 3.05) is 0 Å². The summed E-state index contributed by atoms with van der Waals surface area (Å²) in [5.74, 6) is -0.347. The van der Waals surface area contributed by atoms with E-state index < -0.39 is 11.9 Å². The molecule has 1 aliphatic carbocycles. The normalized spacial score (nSPS) is 19.6. The molecule has 3 aromatic carbocycles. The summed E-state index contributed by atoms with van der Waals surface area (Å²) in [4.78, 5) is 27.6. The highest BCUT2D eigenvalue weighted by Gasteiger charge is 2.42. The van der Waals surface area contributed by atoms with Crippen LogP contribution in [0.4, 0.5) is 0 Å². The second-order valence-corrected chi connectivity index (χ2v) is 10.9. The van der Waals surface area contributed by atoms with Crippen molar-refractivity contribution in [1.82, 2.24) is 5.32 Å². The van der Waals surface area contributed by atoms with E-state index in [9.17, 15) is 9.59 Å². The minimum Gasteiger partial charge on any atom is -0.489 e. The lowest BCUT2D eigenvalue weighted by Gasteiger charge is -2.37. The van der Waals surface area contributed by atoms with E-state index >= 15 is 0 Å². The number of rotatable bonds is 8. The molecule has 0 saturated carbocycles. The number of ketones is 1. The number of hydrogen-bond acceptors (Lipinski definition) is 5. The predicted octanol–water partition coefficient (Wildman–Crippen LogP) is 7.62. The topological polar surface area (TPSA) is 64.6 Å². The zero-order valence-electron chi connectivity index (χ0n) is 23.1. The Morgan fingerprint density at radius 1 is 1.00 bits per heavy atom. The van der Waals surface area contributed by atoms with Crippen LogP contribution >= 0.6 is 11.6 Å². The van der Waals surface area contributed by atoms with Gasteiger partial charge in [0, 0.05) is 34.0 Å². The van der Waals surface area contributed by atoms with Crippen LogP contribution in [0.3, 0.4) is 0 Å². The smallest absolute Gasteiger partial charge is 0.337 e. The Balaban J connectivity index is 1.57. The number of ether oxygens (including phenoxy) is 2. The first-order valence-electron chi connectivity index (χ1n) is 13.8. The van der Waals surface area contributed by atoms with Gasteiger partial charge in [0.1, 0.15) is 12.4 Å². The minimum absolute atomic E-state index is 0.0119. The Hall–Kier alpha value is -3.83. The van der Waals surface area contributed by atoms with Crippen LogP contribution in [-0.4, -0.2) is 17.9 Å². The molecule has 0 aromatic heterocycles. The summed E-state index contributed by atoms with van der Waals surface area (Å²) in [7, 11) is 0. The molecular weight excluding hydrogens is 522 g/mol. The molecule has 0 radical (unpaired) electrons. The van der Waals surface area contributed by atoms with Gasteiger partial charge >= 0.3 is 5.97 Å². The summed E-state index contributed by atoms with van der Waals surface area (Å²) in [6, 6.07) is 25.3. The first kappa shape index (κ1) is 27.7. The van der Waals surface area contributed by atoms with Crippen molar-refractivity contribution in [3.05, 3.63) is 123 Å². The Labute approximate surface area is 240 Å². The molecule has 5 nitrogen and oxygen atoms in total. The van der Waals surface area contributed by atoms with E-state index in [4.69, 9.17) is 21.1 Å². The van der Waals surface area contributed by atoms with Gasteiger partial charge in [-0.25, -0.2) is 4.79 Å². The number of hydrogen-bond donors (Lipinski definition) is 1. The summed E-state index contributed by atoms with van der Waals surface area (Å²) in [6.07, 6.45) is 1.45. The number of carbonyl (C=O) groups excluding carboxylic acids is 2. The van der Waals surface area contributed by atoms with Gasteiger partial charge in [-0.05, 0) is 61.9 Å². The fraction of sp³-hybridized carbons (Fsp3) is 0.294. The fourth-order valence-electron chi connectivity index (χ4n) is 5.51. The maximum absolute atomic E-state index is 14.0. The van der Waals surface area contributed by atoms with Crippen LogP contribution in [0, 0.1) is 0 Å². The molecule has 1 heterocycles. The van der Waals surface area contributed by atoms with E-state index in [-0.39, 0.29) is 17.8 Å². The molecule has 3 atom stereocenters. The maximum Gasteiger partial charge on any atom is 0.337 e. The van der Waals surface area contributed by atoms with E-state index in [0.29, 0.717) is 53.5 Å². The third-order valence-corrected chi connectivity index (χ3v) is 7.99. The first-order valence-corrected chi connectivity index (χ1v) is 14.2. The Bertz CT molecular complexity index is 1460. The predicted molar refractivity (Wildman–Crippen MR) is 157 cm³/mol. The number of halogens is 1. The Kier molecular flexibility index (Phi) is 8.41. The molecule has 0 saturated heterocycles. The van der Waals surface area contributed by atoms with Crippen LogP contribution < -0.4 is 10.1 Å². The van der Waals surface area contributed by atoms with Crippen LogP contribution in [0.2, 0.25) is 5.02 Å². The van der Waals surface area contributed by atoms with Gasteiger partial charge in [0.05, 0.1) is 17.6 Å². The van der Waals surface area contributed by atoms with Gasteiger partial charge in [0.15, 0.2) is 5.78 Å². The lowest BCUT2D eigenvalue weighted by atomic mass is 9.71. The number of esters is 1. The molecule has 40 heavy (non-hydrogen) atoms. The highest BCUT2D eigenvalue weighted by atomic mass is 35.5. The summed E-state index contributed by atoms with van der Waals surface area (Å²) in [6.45, 7) is 6.11. The maximum atomic E-state index is 14.0. The summed E-state index contributed by atoms with van der Waals surface area (Å²) in [5.41, 5.74) is 5.48. The molecule has 0 unspecified atom stereocenters. The number of Topliss-reactive ketones (excluding diaryl/α,β-unsaturated/α-hetero) is 1. The van der Waals surface area contributed by atoms with E-state index in [2.05, 4.69) is 5.32 Å². The standard InChI is InChI=1S/C34H34ClNO4/c1-4-21(2)40-34(38)31-22(3)36-28-18-25(24-14-16-26(35)17-15-24)19-29(37)33(28)32(31)27-12-8-9-13-30(27)39-20-23-10-6-5-7-11-23/h5-17,21,25,32,36H,4,18-20H2,1-3H3/t21-,25-,32-/m1/s1. The number of dihydropyridines is 1. The molecule has 6 heteroatoms. The number of benzene rings is 3. The lowest BCUT2D eigenvalue weighted by molar-refractivity contribution is -0.144. The zero-order valence-corrected chi connectivity index (χ0v) is 23.8. The number of carbonyl (C=O) groups is 2. The molecule has 2 aliphatic rings. The highest BCUT2D eigenvalue weighted by Crippen LogP contribution is 2.48. The van der Waals surface area contributed by atoms with Crippen molar-refractivity contribution in [1.29, 1.82) is 0 Å². The second kappa shape index (κ2) is 12.1. The number of allylic oxidation sites excluding steroid dienone is 3. The van der Waals surface area contributed by atoms with Crippen molar-refractivity contribution in [3.63, 3.8) is 0 Å². The SMILES string of the molecule is CC[C@@H](C)OC(=O)C1=C(C)NC2=C(C(=O)C[C@H](c3ccc(Cl)cc3)C2)[C@@H]1c1ccccc1OCc1ccccc1. The third-order valence-electron chi connectivity index (χ3n) is 7.74. The monoisotopic (exact) mass is 555 g/mol. The third kappa shape index (κ3) is 5.85. The molecule has 1 N–H and O–H groups in total. The minimum atomic E-state index is -0.599. The summed E-state index contributed by atoms with van der Waals surface area (Å²) >= 11 is 6.12. The van der Waals surface area contributed by atoms with Crippen molar-refractivity contribution in [2.24, 2.45) is 0 Å². The molecule has 206 valence electrons. The van der Waals surface area contributed by atoms with Crippen molar-refractivity contribution >= 4 is 23.4 Å². The molecule has 0 bridgehead atoms.